The largest absolute Gasteiger partial charge is 0.493 e. The highest BCUT2D eigenvalue weighted by atomic mass is 16.6. The van der Waals surface area contributed by atoms with Crippen LogP contribution in [0.5, 0.6) is 17.2 Å². The summed E-state index contributed by atoms with van der Waals surface area (Å²) < 4.78 is 20.8. The lowest BCUT2D eigenvalue weighted by Gasteiger charge is -2.12. The second-order valence-corrected chi connectivity index (χ2v) is 6.08. The van der Waals surface area contributed by atoms with E-state index >= 15 is 0 Å². The van der Waals surface area contributed by atoms with Crippen LogP contribution in [-0.2, 0) is 14.3 Å². The number of esters is 2. The first kappa shape index (κ1) is 20.8. The summed E-state index contributed by atoms with van der Waals surface area (Å²) in [6, 6.07) is 5.10. The van der Waals surface area contributed by atoms with E-state index in [0.717, 1.165) is 12.8 Å². The van der Waals surface area contributed by atoms with Gasteiger partial charge in [0.2, 0.25) is 5.75 Å². The van der Waals surface area contributed by atoms with Crippen molar-refractivity contribution in [1.29, 1.82) is 0 Å². The van der Waals surface area contributed by atoms with Crippen LogP contribution in [0, 0.1) is 5.92 Å². The molecule has 140 valence electrons. The normalized spacial score (nSPS) is 10.4. The van der Waals surface area contributed by atoms with Gasteiger partial charge in [-0.25, -0.2) is 0 Å². The first-order valence-corrected chi connectivity index (χ1v) is 8.55. The summed E-state index contributed by atoms with van der Waals surface area (Å²) >= 11 is 0. The molecule has 0 saturated carbocycles. The van der Waals surface area contributed by atoms with Gasteiger partial charge in [0.25, 0.3) is 0 Å². The molecule has 0 fully saturated rings. The Hall–Kier alpha value is -2.24. The highest BCUT2D eigenvalue weighted by Gasteiger charge is 2.16. The van der Waals surface area contributed by atoms with Crippen LogP contribution in [0.15, 0.2) is 18.2 Å². The van der Waals surface area contributed by atoms with Gasteiger partial charge < -0.3 is 18.9 Å². The summed E-state index contributed by atoms with van der Waals surface area (Å²) in [4.78, 5) is 23.6. The quantitative estimate of drug-likeness (QED) is 0.343. The molecule has 6 heteroatoms. The summed E-state index contributed by atoms with van der Waals surface area (Å²) in [5, 5.41) is 0. The van der Waals surface area contributed by atoms with Crippen LogP contribution in [0.1, 0.15) is 46.0 Å². The summed E-state index contributed by atoms with van der Waals surface area (Å²) in [6.45, 7) is 4.69. The van der Waals surface area contributed by atoms with Crippen LogP contribution in [0.4, 0.5) is 0 Å². The van der Waals surface area contributed by atoms with Gasteiger partial charge in [-0.2, -0.15) is 0 Å². The highest BCUT2D eigenvalue weighted by Crippen LogP contribution is 2.37. The summed E-state index contributed by atoms with van der Waals surface area (Å²) in [7, 11) is 2.98. The number of carbonyl (C=O) groups excluding carboxylic acids is 2. The van der Waals surface area contributed by atoms with Gasteiger partial charge in [-0.05, 0) is 37.3 Å². The van der Waals surface area contributed by atoms with Gasteiger partial charge in [-0.3, -0.25) is 9.59 Å². The Morgan fingerprint density at radius 2 is 1.56 bits per heavy atom. The summed E-state index contributed by atoms with van der Waals surface area (Å²) in [6.07, 6.45) is 2.57. The molecule has 0 saturated heterocycles. The molecule has 0 aliphatic rings. The highest BCUT2D eigenvalue weighted by molar-refractivity contribution is 5.75. The van der Waals surface area contributed by atoms with Crippen LogP contribution < -0.4 is 14.2 Å². The van der Waals surface area contributed by atoms with Crippen molar-refractivity contribution < 1.29 is 28.5 Å². The van der Waals surface area contributed by atoms with Crippen molar-refractivity contribution in [3.63, 3.8) is 0 Å². The zero-order valence-electron chi connectivity index (χ0n) is 15.5. The lowest BCUT2D eigenvalue weighted by Crippen LogP contribution is -2.11. The van der Waals surface area contributed by atoms with E-state index in [9.17, 15) is 9.59 Å². The summed E-state index contributed by atoms with van der Waals surface area (Å²) in [5.41, 5.74) is 0. The molecule has 6 nitrogen and oxygen atoms in total. The zero-order valence-corrected chi connectivity index (χ0v) is 15.5. The molecule has 0 bridgehead atoms. The summed E-state index contributed by atoms with van der Waals surface area (Å²) in [5.74, 6) is 0.936. The van der Waals surface area contributed by atoms with Crippen LogP contribution in [-0.4, -0.2) is 32.8 Å². The smallest absolute Gasteiger partial charge is 0.311 e. The Kier molecular flexibility index (Phi) is 9.43. The molecule has 1 aromatic carbocycles. The number of hydrogen-bond acceptors (Lipinski definition) is 6. The van der Waals surface area contributed by atoms with E-state index in [1.54, 1.807) is 18.2 Å². The molecule has 1 aromatic rings. The monoisotopic (exact) mass is 352 g/mol. The van der Waals surface area contributed by atoms with Crippen LogP contribution >= 0.6 is 0 Å². The maximum Gasteiger partial charge on any atom is 0.311 e. The standard InChI is InChI=1S/C19H28O6/c1-14(2)8-7-13-24-17(20)11-6-12-18(21)25-19-15(22-3)9-5-10-16(19)23-4/h5,9-10,14H,6-8,11-13H2,1-4H3. The Labute approximate surface area is 149 Å². The second-order valence-electron chi connectivity index (χ2n) is 6.08. The van der Waals surface area contributed by atoms with Gasteiger partial charge in [0, 0.05) is 12.8 Å². The number of benzene rings is 1. The predicted octanol–water partition coefficient (Wildman–Crippen LogP) is 3.76. The van der Waals surface area contributed by atoms with E-state index in [-0.39, 0.29) is 24.6 Å². The van der Waals surface area contributed by atoms with Crippen molar-refractivity contribution in [3.05, 3.63) is 18.2 Å². The molecule has 0 aliphatic carbocycles. The van der Waals surface area contributed by atoms with Gasteiger partial charge in [0.1, 0.15) is 0 Å². The van der Waals surface area contributed by atoms with E-state index < -0.39 is 5.97 Å². The van der Waals surface area contributed by atoms with Crippen LogP contribution in [0.25, 0.3) is 0 Å². The van der Waals surface area contributed by atoms with Gasteiger partial charge >= 0.3 is 11.9 Å². The molecule has 0 aliphatic heterocycles. The Morgan fingerprint density at radius 1 is 0.960 bits per heavy atom. The van der Waals surface area contributed by atoms with E-state index in [4.69, 9.17) is 18.9 Å². The number of rotatable bonds is 11. The second kappa shape index (κ2) is 11.3. The number of hydrogen-bond donors (Lipinski definition) is 0. The molecule has 0 N–H and O–H groups in total. The lowest BCUT2D eigenvalue weighted by atomic mass is 10.1. The molecule has 0 heterocycles. The molecule has 0 unspecified atom stereocenters. The van der Waals surface area contributed by atoms with Crippen molar-refractivity contribution >= 4 is 11.9 Å². The molecular formula is C19H28O6. The van der Waals surface area contributed by atoms with E-state index in [2.05, 4.69) is 13.8 Å². The molecule has 0 spiro atoms. The fourth-order valence-corrected chi connectivity index (χ4v) is 2.21. The first-order chi connectivity index (χ1) is 12.0. The fraction of sp³-hybridized carbons (Fsp3) is 0.579. The molecule has 0 amide bonds. The predicted molar refractivity (Wildman–Crippen MR) is 94.1 cm³/mol. The number of carbonyl (C=O) groups is 2. The SMILES string of the molecule is COc1cccc(OC)c1OC(=O)CCCC(=O)OCCCC(C)C. The van der Waals surface area contributed by atoms with E-state index in [1.165, 1.54) is 14.2 Å². The minimum atomic E-state index is -0.449. The van der Waals surface area contributed by atoms with Crippen LogP contribution in [0.2, 0.25) is 0 Å². The van der Waals surface area contributed by atoms with Crippen molar-refractivity contribution in [1.82, 2.24) is 0 Å². The molecular weight excluding hydrogens is 324 g/mol. The molecule has 25 heavy (non-hydrogen) atoms. The van der Waals surface area contributed by atoms with Gasteiger partial charge in [-0.1, -0.05) is 19.9 Å². The third-order valence-corrected chi connectivity index (χ3v) is 3.55. The average Bonchev–Trinajstić information content (AvgIpc) is 2.58. The average molecular weight is 352 g/mol. The molecule has 1 rings (SSSR count). The Bertz CT molecular complexity index is 531. The Morgan fingerprint density at radius 3 is 2.12 bits per heavy atom. The number of ether oxygens (including phenoxy) is 4. The van der Waals surface area contributed by atoms with Gasteiger partial charge in [0.05, 0.1) is 20.8 Å². The fourth-order valence-electron chi connectivity index (χ4n) is 2.21. The van der Waals surface area contributed by atoms with E-state index in [1.807, 2.05) is 0 Å². The van der Waals surface area contributed by atoms with Crippen molar-refractivity contribution in [2.75, 3.05) is 20.8 Å². The first-order valence-electron chi connectivity index (χ1n) is 8.55. The van der Waals surface area contributed by atoms with Crippen molar-refractivity contribution in [2.24, 2.45) is 5.92 Å². The minimum absolute atomic E-state index is 0.113. The van der Waals surface area contributed by atoms with Crippen molar-refractivity contribution in [3.8, 4) is 17.2 Å². The number of methoxy groups -OCH3 is 2. The number of para-hydroxylation sites is 1. The Balaban J connectivity index is 2.35. The minimum Gasteiger partial charge on any atom is -0.493 e. The topological polar surface area (TPSA) is 71.1 Å². The van der Waals surface area contributed by atoms with Gasteiger partial charge in [0.15, 0.2) is 11.5 Å². The van der Waals surface area contributed by atoms with E-state index in [0.29, 0.717) is 30.4 Å². The zero-order chi connectivity index (χ0) is 18.7. The maximum atomic E-state index is 12.0. The lowest BCUT2D eigenvalue weighted by molar-refractivity contribution is -0.144. The third kappa shape index (κ3) is 7.92. The molecule has 0 radical (unpaired) electrons. The third-order valence-electron chi connectivity index (χ3n) is 3.55. The van der Waals surface area contributed by atoms with Crippen LogP contribution in [0.3, 0.4) is 0 Å². The maximum absolute atomic E-state index is 12.0. The van der Waals surface area contributed by atoms with Gasteiger partial charge in [-0.15, -0.1) is 0 Å². The van der Waals surface area contributed by atoms with Crippen molar-refractivity contribution in [2.45, 2.75) is 46.0 Å². The molecule has 0 aromatic heterocycles. The molecule has 0 atom stereocenters.